The van der Waals surface area contributed by atoms with Crippen LogP contribution in [0.5, 0.6) is 11.5 Å². The van der Waals surface area contributed by atoms with Crippen molar-refractivity contribution < 1.29 is 9.47 Å². The number of hydrogen-bond acceptors (Lipinski definition) is 3. The van der Waals surface area contributed by atoms with E-state index in [9.17, 15) is 0 Å². The molecule has 0 fully saturated rings. The first-order valence-corrected chi connectivity index (χ1v) is 3.62. The summed E-state index contributed by atoms with van der Waals surface area (Å²) in [5.74, 6) is 3.49. The zero-order valence-electron chi connectivity index (χ0n) is 7.20. The van der Waals surface area contributed by atoms with Crippen LogP contribution in [0.3, 0.4) is 0 Å². The number of hydrogen-bond donors (Lipinski definition) is 1. The fourth-order valence-corrected chi connectivity index (χ4v) is 0.918. The van der Waals surface area contributed by atoms with E-state index in [1.807, 2.05) is 0 Å². The van der Waals surface area contributed by atoms with E-state index in [2.05, 4.69) is 5.92 Å². The molecule has 1 aromatic carbocycles. The summed E-state index contributed by atoms with van der Waals surface area (Å²) in [5, 5.41) is 6.77. The number of terminal acetylenes is 1. The van der Waals surface area contributed by atoms with Gasteiger partial charge in [0, 0.05) is 5.56 Å². The van der Waals surface area contributed by atoms with Crippen LogP contribution in [0.2, 0.25) is 0 Å². The Morgan fingerprint density at radius 3 is 2.77 bits per heavy atom. The summed E-state index contributed by atoms with van der Waals surface area (Å²) in [7, 11) is 1.52. The van der Waals surface area contributed by atoms with E-state index in [0.29, 0.717) is 17.1 Å². The van der Waals surface area contributed by atoms with Crippen LogP contribution >= 0.6 is 0 Å². The van der Waals surface area contributed by atoms with Crippen LogP contribution < -0.4 is 9.47 Å². The monoisotopic (exact) mass is 175 g/mol. The number of rotatable bonds is 3. The van der Waals surface area contributed by atoms with Gasteiger partial charge in [0.1, 0.15) is 0 Å². The number of benzene rings is 1. The van der Waals surface area contributed by atoms with Crippen molar-refractivity contribution >= 4 is 6.40 Å². The Kier molecular flexibility index (Phi) is 2.93. The van der Waals surface area contributed by atoms with Crippen LogP contribution in [0.4, 0.5) is 0 Å². The molecule has 0 atom stereocenters. The average molecular weight is 175 g/mol. The summed E-state index contributed by atoms with van der Waals surface area (Å²) in [6.45, 7) is 0. The van der Waals surface area contributed by atoms with E-state index < -0.39 is 0 Å². The average Bonchev–Trinajstić information content (AvgIpc) is 2.19. The predicted octanol–water partition coefficient (Wildman–Crippen LogP) is 1.66. The highest BCUT2D eigenvalue weighted by molar-refractivity contribution is 5.55. The van der Waals surface area contributed by atoms with Crippen molar-refractivity contribution in [2.24, 2.45) is 0 Å². The second kappa shape index (κ2) is 4.17. The van der Waals surface area contributed by atoms with E-state index in [1.165, 1.54) is 7.11 Å². The van der Waals surface area contributed by atoms with Crippen LogP contribution in [0.15, 0.2) is 18.2 Å². The van der Waals surface area contributed by atoms with Gasteiger partial charge in [0.05, 0.1) is 7.11 Å². The number of ether oxygens (including phenoxy) is 2. The van der Waals surface area contributed by atoms with Crippen LogP contribution in [0.25, 0.3) is 0 Å². The Morgan fingerprint density at radius 1 is 1.46 bits per heavy atom. The topological polar surface area (TPSA) is 42.3 Å². The molecule has 0 unspecified atom stereocenters. The Bertz CT molecular complexity index is 352. The lowest BCUT2D eigenvalue weighted by Gasteiger charge is -2.06. The molecule has 0 bridgehead atoms. The van der Waals surface area contributed by atoms with E-state index in [0.717, 1.165) is 6.40 Å². The first-order chi connectivity index (χ1) is 6.31. The predicted molar refractivity (Wildman–Crippen MR) is 50.3 cm³/mol. The summed E-state index contributed by atoms with van der Waals surface area (Å²) in [4.78, 5) is 0. The molecule has 0 radical (unpaired) electrons. The van der Waals surface area contributed by atoms with Gasteiger partial charge in [-0.05, 0) is 18.2 Å². The van der Waals surface area contributed by atoms with Crippen LogP contribution in [0, 0.1) is 17.8 Å². The highest BCUT2D eigenvalue weighted by Gasteiger charge is 2.03. The molecule has 0 aliphatic heterocycles. The van der Waals surface area contributed by atoms with Crippen molar-refractivity contribution in [3.63, 3.8) is 0 Å². The van der Waals surface area contributed by atoms with Crippen LogP contribution in [0.1, 0.15) is 5.56 Å². The third-order valence-corrected chi connectivity index (χ3v) is 1.52. The molecule has 0 aromatic heterocycles. The number of nitrogens with one attached hydrogen (secondary N) is 1. The largest absolute Gasteiger partial charge is 0.493 e. The van der Waals surface area contributed by atoms with Crippen molar-refractivity contribution in [1.29, 1.82) is 5.41 Å². The smallest absolute Gasteiger partial charge is 0.174 e. The van der Waals surface area contributed by atoms with Crippen LogP contribution in [-0.2, 0) is 0 Å². The van der Waals surface area contributed by atoms with Gasteiger partial charge < -0.3 is 9.47 Å². The van der Waals surface area contributed by atoms with Gasteiger partial charge in [-0.25, -0.2) is 0 Å². The SMILES string of the molecule is C#Cc1ccc(OC=N)c(OC)c1. The van der Waals surface area contributed by atoms with Gasteiger partial charge in [0.25, 0.3) is 0 Å². The van der Waals surface area contributed by atoms with Crippen molar-refractivity contribution in [3.8, 4) is 23.8 Å². The lowest BCUT2D eigenvalue weighted by atomic mass is 10.2. The molecule has 3 heteroatoms. The Balaban J connectivity index is 3.09. The third kappa shape index (κ3) is 2.00. The van der Waals surface area contributed by atoms with E-state index in [1.54, 1.807) is 18.2 Å². The first kappa shape index (κ1) is 9.14. The van der Waals surface area contributed by atoms with Gasteiger partial charge in [0.15, 0.2) is 17.9 Å². The van der Waals surface area contributed by atoms with E-state index in [-0.39, 0.29) is 0 Å². The molecule has 0 aliphatic rings. The normalized spacial score (nSPS) is 8.62. The molecule has 1 aromatic rings. The third-order valence-electron chi connectivity index (χ3n) is 1.52. The van der Waals surface area contributed by atoms with Gasteiger partial charge in [-0.15, -0.1) is 6.42 Å². The molecule has 1 N–H and O–H groups in total. The lowest BCUT2D eigenvalue weighted by Crippen LogP contribution is -1.93. The van der Waals surface area contributed by atoms with Gasteiger partial charge in [-0.1, -0.05) is 5.92 Å². The summed E-state index contributed by atoms with van der Waals surface area (Å²) in [6, 6.07) is 5.07. The Hall–Kier alpha value is -1.95. The van der Waals surface area contributed by atoms with Crippen molar-refractivity contribution in [2.45, 2.75) is 0 Å². The second-order valence-corrected chi connectivity index (χ2v) is 2.25. The summed E-state index contributed by atoms with van der Waals surface area (Å²) >= 11 is 0. The highest BCUT2D eigenvalue weighted by Crippen LogP contribution is 2.27. The van der Waals surface area contributed by atoms with Gasteiger partial charge in [0.2, 0.25) is 0 Å². The minimum atomic E-state index is 0.483. The molecule has 3 nitrogen and oxygen atoms in total. The highest BCUT2D eigenvalue weighted by atomic mass is 16.5. The van der Waals surface area contributed by atoms with E-state index >= 15 is 0 Å². The molecule has 66 valence electrons. The molecular weight excluding hydrogens is 166 g/mol. The molecule has 0 amide bonds. The molecular formula is C10H9NO2. The fourth-order valence-electron chi connectivity index (χ4n) is 0.918. The maximum absolute atomic E-state index is 6.77. The van der Waals surface area contributed by atoms with Gasteiger partial charge >= 0.3 is 0 Å². The second-order valence-electron chi connectivity index (χ2n) is 2.25. The minimum absolute atomic E-state index is 0.483. The van der Waals surface area contributed by atoms with Crippen molar-refractivity contribution in [2.75, 3.05) is 7.11 Å². The summed E-state index contributed by atoms with van der Waals surface area (Å²) in [5.41, 5.74) is 0.717. The molecule has 0 saturated carbocycles. The fraction of sp³-hybridized carbons (Fsp3) is 0.100. The quantitative estimate of drug-likeness (QED) is 0.431. The molecule has 0 saturated heterocycles. The maximum Gasteiger partial charge on any atom is 0.174 e. The van der Waals surface area contributed by atoms with E-state index in [4.69, 9.17) is 21.3 Å². The number of methoxy groups -OCH3 is 1. The zero-order valence-corrected chi connectivity index (χ0v) is 7.20. The standard InChI is InChI=1S/C10H9NO2/c1-3-8-4-5-9(13-7-11)10(6-8)12-2/h1,4-7,11H,2H3. The Morgan fingerprint density at radius 2 is 2.23 bits per heavy atom. The van der Waals surface area contributed by atoms with Gasteiger partial charge in [-0.3, -0.25) is 5.41 Å². The zero-order chi connectivity index (χ0) is 9.68. The Labute approximate surface area is 76.8 Å². The lowest BCUT2D eigenvalue weighted by molar-refractivity contribution is 0.393. The van der Waals surface area contributed by atoms with Gasteiger partial charge in [-0.2, -0.15) is 0 Å². The maximum atomic E-state index is 6.77. The molecule has 0 spiro atoms. The van der Waals surface area contributed by atoms with Crippen molar-refractivity contribution in [3.05, 3.63) is 23.8 Å². The molecule has 1 rings (SSSR count). The summed E-state index contributed by atoms with van der Waals surface area (Å²) in [6.07, 6.45) is 6.05. The molecule has 0 aliphatic carbocycles. The summed E-state index contributed by atoms with van der Waals surface area (Å²) < 4.78 is 9.89. The molecule has 0 heterocycles. The van der Waals surface area contributed by atoms with Crippen LogP contribution in [-0.4, -0.2) is 13.5 Å². The minimum Gasteiger partial charge on any atom is -0.493 e. The first-order valence-electron chi connectivity index (χ1n) is 3.62. The van der Waals surface area contributed by atoms with Crippen molar-refractivity contribution in [1.82, 2.24) is 0 Å². The molecule has 13 heavy (non-hydrogen) atoms.